The van der Waals surface area contributed by atoms with Crippen molar-refractivity contribution < 1.29 is 14.3 Å². The molecule has 6 nitrogen and oxygen atoms in total. The number of oxazole rings is 1. The number of fused-ring (bicyclic) bond motifs is 1. The smallest absolute Gasteiger partial charge is 0.335 e. The number of imidazole rings is 1. The van der Waals surface area contributed by atoms with E-state index in [1.54, 1.807) is 24.4 Å². The molecule has 21 heavy (non-hydrogen) atoms. The number of carboxylic acid groups (broad SMARTS) is 1. The van der Waals surface area contributed by atoms with E-state index >= 15 is 0 Å². The van der Waals surface area contributed by atoms with Crippen LogP contribution in [-0.2, 0) is 13.0 Å². The second kappa shape index (κ2) is 5.05. The maximum Gasteiger partial charge on any atom is 0.335 e. The summed E-state index contributed by atoms with van der Waals surface area (Å²) in [6, 6.07) is 4.96. The highest BCUT2D eigenvalue weighted by Crippen LogP contribution is 2.20. The van der Waals surface area contributed by atoms with E-state index < -0.39 is 5.97 Å². The highest BCUT2D eigenvalue weighted by atomic mass is 16.4. The number of benzene rings is 1. The topological polar surface area (TPSA) is 81.1 Å². The Morgan fingerprint density at radius 2 is 2.24 bits per heavy atom. The lowest BCUT2D eigenvalue weighted by molar-refractivity contribution is 0.0697. The average molecular weight is 285 g/mol. The van der Waals surface area contributed by atoms with Crippen LogP contribution in [0.3, 0.4) is 0 Å². The van der Waals surface area contributed by atoms with Gasteiger partial charge in [0.15, 0.2) is 0 Å². The Morgan fingerprint density at radius 1 is 1.43 bits per heavy atom. The Labute approximate surface area is 121 Å². The monoisotopic (exact) mass is 285 g/mol. The number of aryl methyl sites for hydroxylation is 2. The van der Waals surface area contributed by atoms with E-state index in [0.717, 1.165) is 23.5 Å². The van der Waals surface area contributed by atoms with Crippen molar-refractivity contribution in [3.63, 3.8) is 0 Å². The summed E-state index contributed by atoms with van der Waals surface area (Å²) < 4.78 is 7.52. The number of aromatic carboxylic acids is 1. The fourth-order valence-electron chi connectivity index (χ4n) is 2.37. The first-order valence-electron chi connectivity index (χ1n) is 6.72. The van der Waals surface area contributed by atoms with Crippen LogP contribution in [0.5, 0.6) is 0 Å². The molecular formula is C15H15N3O3. The molecule has 0 atom stereocenters. The van der Waals surface area contributed by atoms with Crippen LogP contribution in [0.1, 0.15) is 34.8 Å². The number of hydrogen-bond acceptors (Lipinski definition) is 4. The number of aromatic nitrogens is 3. The first kappa shape index (κ1) is 13.4. The molecule has 0 radical (unpaired) electrons. The van der Waals surface area contributed by atoms with Gasteiger partial charge in [0.1, 0.15) is 18.1 Å². The van der Waals surface area contributed by atoms with Crippen molar-refractivity contribution in [2.45, 2.75) is 26.8 Å². The summed E-state index contributed by atoms with van der Waals surface area (Å²) in [7, 11) is 0. The van der Waals surface area contributed by atoms with Gasteiger partial charge in [0, 0.05) is 6.42 Å². The molecule has 0 bridgehead atoms. The molecule has 6 heteroatoms. The van der Waals surface area contributed by atoms with Crippen LogP contribution < -0.4 is 0 Å². The Balaban J connectivity index is 2.09. The number of carboxylic acids is 1. The van der Waals surface area contributed by atoms with Crippen LogP contribution in [0.2, 0.25) is 0 Å². The maximum absolute atomic E-state index is 11.0. The molecule has 1 N–H and O–H groups in total. The highest BCUT2D eigenvalue weighted by Gasteiger charge is 2.14. The quantitative estimate of drug-likeness (QED) is 0.797. The molecule has 2 heterocycles. The van der Waals surface area contributed by atoms with Gasteiger partial charge in [0.05, 0.1) is 22.8 Å². The lowest BCUT2D eigenvalue weighted by atomic mass is 10.2. The normalized spacial score (nSPS) is 11.1. The minimum atomic E-state index is -0.951. The maximum atomic E-state index is 11.0. The van der Waals surface area contributed by atoms with Gasteiger partial charge in [-0.25, -0.2) is 14.8 Å². The first-order valence-corrected chi connectivity index (χ1v) is 6.72. The van der Waals surface area contributed by atoms with E-state index in [0.29, 0.717) is 18.0 Å². The molecule has 0 saturated heterocycles. The van der Waals surface area contributed by atoms with E-state index in [9.17, 15) is 4.79 Å². The number of rotatable bonds is 4. The predicted molar refractivity (Wildman–Crippen MR) is 76.4 cm³/mol. The zero-order valence-electron chi connectivity index (χ0n) is 11.8. The average Bonchev–Trinajstić information content (AvgIpc) is 3.02. The number of nitrogens with zero attached hydrogens (tertiary/aromatic N) is 3. The zero-order valence-corrected chi connectivity index (χ0v) is 11.8. The van der Waals surface area contributed by atoms with Gasteiger partial charge in [0.25, 0.3) is 0 Å². The Morgan fingerprint density at radius 3 is 2.86 bits per heavy atom. The summed E-state index contributed by atoms with van der Waals surface area (Å²) >= 11 is 0. The molecule has 0 unspecified atom stereocenters. The third-order valence-electron chi connectivity index (χ3n) is 3.35. The van der Waals surface area contributed by atoms with E-state index in [2.05, 4.69) is 9.97 Å². The minimum Gasteiger partial charge on any atom is -0.478 e. The summed E-state index contributed by atoms with van der Waals surface area (Å²) in [5.74, 6) is 1.31. The summed E-state index contributed by atoms with van der Waals surface area (Å²) in [5.41, 5.74) is 1.80. The third-order valence-corrected chi connectivity index (χ3v) is 3.35. The van der Waals surface area contributed by atoms with Crippen LogP contribution >= 0.6 is 0 Å². The van der Waals surface area contributed by atoms with Crippen molar-refractivity contribution in [1.82, 2.24) is 14.5 Å². The van der Waals surface area contributed by atoms with Gasteiger partial charge in [-0.2, -0.15) is 0 Å². The van der Waals surface area contributed by atoms with Crippen LogP contribution in [-0.4, -0.2) is 25.6 Å². The van der Waals surface area contributed by atoms with E-state index in [1.165, 1.54) is 0 Å². The lowest BCUT2D eigenvalue weighted by Crippen LogP contribution is -2.04. The SMILES string of the molecule is CCc1nc2cc(C(=O)O)ccc2n1Cc1ncc(C)o1. The first-order chi connectivity index (χ1) is 10.1. The van der Waals surface area contributed by atoms with Crippen LogP contribution in [0.15, 0.2) is 28.8 Å². The van der Waals surface area contributed by atoms with Crippen molar-refractivity contribution >= 4 is 17.0 Å². The van der Waals surface area contributed by atoms with E-state index in [-0.39, 0.29) is 5.56 Å². The van der Waals surface area contributed by atoms with Crippen LogP contribution in [0, 0.1) is 6.92 Å². The molecule has 0 saturated carbocycles. The molecule has 0 aliphatic rings. The fourth-order valence-corrected chi connectivity index (χ4v) is 2.37. The van der Waals surface area contributed by atoms with Crippen molar-refractivity contribution in [1.29, 1.82) is 0 Å². The Bertz CT molecular complexity index is 817. The molecule has 0 spiro atoms. The number of hydrogen-bond donors (Lipinski definition) is 1. The predicted octanol–water partition coefficient (Wildman–Crippen LogP) is 2.64. The van der Waals surface area contributed by atoms with Gasteiger partial charge in [-0.1, -0.05) is 6.92 Å². The molecule has 0 amide bonds. The molecule has 0 fully saturated rings. The molecule has 108 valence electrons. The lowest BCUT2D eigenvalue weighted by Gasteiger charge is -2.05. The van der Waals surface area contributed by atoms with Crippen molar-refractivity contribution in [2.75, 3.05) is 0 Å². The second-order valence-corrected chi connectivity index (χ2v) is 4.84. The van der Waals surface area contributed by atoms with Gasteiger partial charge >= 0.3 is 5.97 Å². The van der Waals surface area contributed by atoms with Crippen LogP contribution in [0.25, 0.3) is 11.0 Å². The van der Waals surface area contributed by atoms with Crippen molar-refractivity contribution in [3.8, 4) is 0 Å². The van der Waals surface area contributed by atoms with Crippen LogP contribution in [0.4, 0.5) is 0 Å². The zero-order chi connectivity index (χ0) is 15.0. The Hall–Kier alpha value is -2.63. The highest BCUT2D eigenvalue weighted by molar-refractivity contribution is 5.92. The molecule has 3 rings (SSSR count). The van der Waals surface area contributed by atoms with Gasteiger partial charge in [0.2, 0.25) is 5.89 Å². The van der Waals surface area contributed by atoms with Gasteiger partial charge in [-0.05, 0) is 25.1 Å². The molecule has 2 aromatic heterocycles. The van der Waals surface area contributed by atoms with Gasteiger partial charge in [-0.15, -0.1) is 0 Å². The molecule has 1 aromatic carbocycles. The van der Waals surface area contributed by atoms with E-state index in [1.807, 2.05) is 18.4 Å². The molecule has 3 aromatic rings. The fraction of sp³-hybridized carbons (Fsp3) is 0.267. The molecule has 0 aliphatic heterocycles. The third kappa shape index (κ3) is 2.40. The van der Waals surface area contributed by atoms with Crippen molar-refractivity contribution in [3.05, 3.63) is 47.4 Å². The van der Waals surface area contributed by atoms with Gasteiger partial charge in [-0.3, -0.25) is 0 Å². The summed E-state index contributed by atoms with van der Waals surface area (Å²) in [4.78, 5) is 19.8. The Kier molecular flexibility index (Phi) is 3.21. The van der Waals surface area contributed by atoms with Crippen molar-refractivity contribution in [2.24, 2.45) is 0 Å². The molecule has 0 aliphatic carbocycles. The summed E-state index contributed by atoms with van der Waals surface area (Å²) in [6.07, 6.45) is 2.43. The molecular weight excluding hydrogens is 270 g/mol. The second-order valence-electron chi connectivity index (χ2n) is 4.84. The largest absolute Gasteiger partial charge is 0.478 e. The standard InChI is InChI=1S/C15H15N3O3/c1-3-13-17-11-6-10(15(19)20)4-5-12(11)18(13)8-14-16-7-9(2)21-14/h4-7H,3,8H2,1-2H3,(H,19,20). The van der Waals surface area contributed by atoms with E-state index in [4.69, 9.17) is 9.52 Å². The summed E-state index contributed by atoms with van der Waals surface area (Å²) in [5, 5.41) is 9.06. The minimum absolute atomic E-state index is 0.238. The van der Waals surface area contributed by atoms with Gasteiger partial charge < -0.3 is 14.1 Å². The number of carbonyl (C=O) groups is 1. The summed E-state index contributed by atoms with van der Waals surface area (Å²) in [6.45, 7) is 4.35.